The number of hydrogen-bond donors (Lipinski definition) is 0. The largest absolute Gasteiger partial charge is 0.293 e. The Morgan fingerprint density at radius 3 is 1.19 bits per heavy atom. The minimum Gasteiger partial charge on any atom is -0.293 e. The fourth-order valence-electron chi connectivity index (χ4n) is 6.92. The van der Waals surface area contributed by atoms with Gasteiger partial charge in [0.25, 0.3) is 11.6 Å². The van der Waals surface area contributed by atoms with Gasteiger partial charge in [0.2, 0.25) is 11.6 Å². The standard InChI is InChI=1S/C30H52O6/c1-24(2,3)16-14-20-29(33-34-29)22(31)26(7,8)28(18-12-11-13-19-28)27(9,10)23(32)30(35-36-30)21-15-17-25(4,5)6/h11-21H2,1-10H3. The van der Waals surface area contributed by atoms with Gasteiger partial charge in [-0.05, 0) is 54.8 Å². The molecule has 1 saturated carbocycles. The number of hydrogen-bond acceptors (Lipinski definition) is 6. The number of carbonyl (C=O) groups excluding carboxylic acids is 2. The maximum Gasteiger partial charge on any atom is 0.291 e. The zero-order valence-electron chi connectivity index (χ0n) is 24.7. The van der Waals surface area contributed by atoms with Gasteiger partial charge in [0.15, 0.2) is 0 Å². The van der Waals surface area contributed by atoms with Gasteiger partial charge in [0.05, 0.1) is 0 Å². The van der Waals surface area contributed by atoms with Crippen LogP contribution in [0.3, 0.4) is 0 Å². The molecule has 0 spiro atoms. The van der Waals surface area contributed by atoms with Gasteiger partial charge in [-0.25, -0.2) is 0 Å². The second kappa shape index (κ2) is 9.73. The summed E-state index contributed by atoms with van der Waals surface area (Å²) in [7, 11) is 0. The SMILES string of the molecule is CC(C)(C)CCCC1(C(=O)C(C)(C)C2(C(C)(C)C(=O)C3(CCCC(C)(C)C)OO3)CCCCC2)OO1. The summed E-state index contributed by atoms with van der Waals surface area (Å²) in [6.45, 7) is 21.2. The summed E-state index contributed by atoms with van der Waals surface area (Å²) in [5.74, 6) is -2.44. The molecule has 0 amide bonds. The Bertz CT molecular complexity index is 749. The van der Waals surface area contributed by atoms with Crippen LogP contribution in [0.1, 0.15) is 140 Å². The molecular weight excluding hydrogens is 456 g/mol. The predicted molar refractivity (Wildman–Crippen MR) is 140 cm³/mol. The molecular formula is C30H52O6. The smallest absolute Gasteiger partial charge is 0.291 e. The van der Waals surface area contributed by atoms with Gasteiger partial charge < -0.3 is 0 Å². The van der Waals surface area contributed by atoms with Crippen LogP contribution in [-0.4, -0.2) is 23.1 Å². The second-order valence-electron chi connectivity index (χ2n) is 15.2. The molecule has 3 fully saturated rings. The van der Waals surface area contributed by atoms with E-state index in [0.717, 1.165) is 57.8 Å². The van der Waals surface area contributed by atoms with Crippen molar-refractivity contribution in [2.75, 3.05) is 0 Å². The zero-order valence-corrected chi connectivity index (χ0v) is 24.7. The molecule has 0 bridgehead atoms. The molecule has 3 aliphatic rings. The van der Waals surface area contributed by atoms with E-state index >= 15 is 0 Å². The molecule has 0 aromatic carbocycles. The Kier molecular flexibility index (Phi) is 8.04. The Balaban J connectivity index is 1.85. The van der Waals surface area contributed by atoms with E-state index in [9.17, 15) is 9.59 Å². The summed E-state index contributed by atoms with van der Waals surface area (Å²) in [6.07, 6.45) is 9.45. The summed E-state index contributed by atoms with van der Waals surface area (Å²) >= 11 is 0. The summed E-state index contributed by atoms with van der Waals surface area (Å²) in [4.78, 5) is 50.2. The Morgan fingerprint density at radius 1 is 0.583 bits per heavy atom. The predicted octanol–water partition coefficient (Wildman–Crippen LogP) is 7.88. The first-order valence-electron chi connectivity index (χ1n) is 14.2. The second-order valence-corrected chi connectivity index (χ2v) is 15.2. The first-order valence-corrected chi connectivity index (χ1v) is 14.2. The van der Waals surface area contributed by atoms with Crippen molar-refractivity contribution in [1.29, 1.82) is 0 Å². The average molecular weight is 509 g/mol. The molecule has 208 valence electrons. The third kappa shape index (κ3) is 5.77. The van der Waals surface area contributed by atoms with Gasteiger partial charge in [-0.1, -0.05) is 88.5 Å². The summed E-state index contributed by atoms with van der Waals surface area (Å²) in [6, 6.07) is 0. The lowest BCUT2D eigenvalue weighted by Gasteiger charge is -2.57. The van der Waals surface area contributed by atoms with E-state index in [1.165, 1.54) is 0 Å². The van der Waals surface area contributed by atoms with Crippen molar-refractivity contribution >= 4 is 11.6 Å². The van der Waals surface area contributed by atoms with Crippen molar-refractivity contribution < 1.29 is 29.1 Å². The molecule has 0 aromatic heterocycles. The number of rotatable bonds is 12. The van der Waals surface area contributed by atoms with Gasteiger partial charge in [-0.3, -0.25) is 9.59 Å². The molecule has 36 heavy (non-hydrogen) atoms. The van der Waals surface area contributed by atoms with E-state index in [4.69, 9.17) is 19.6 Å². The highest BCUT2D eigenvalue weighted by Crippen LogP contribution is 2.64. The van der Waals surface area contributed by atoms with Crippen LogP contribution in [0.15, 0.2) is 0 Å². The quantitative estimate of drug-likeness (QED) is 0.197. The highest BCUT2D eigenvalue weighted by molar-refractivity contribution is 5.96. The Morgan fingerprint density at radius 2 is 0.917 bits per heavy atom. The zero-order chi connectivity index (χ0) is 27.3. The average Bonchev–Trinajstić information content (AvgIpc) is 3.68. The van der Waals surface area contributed by atoms with Gasteiger partial charge in [0.1, 0.15) is 0 Å². The summed E-state index contributed by atoms with van der Waals surface area (Å²) in [5, 5.41) is 0. The third-order valence-corrected chi connectivity index (χ3v) is 9.36. The van der Waals surface area contributed by atoms with Gasteiger partial charge >= 0.3 is 0 Å². The summed E-state index contributed by atoms with van der Waals surface area (Å²) < 4.78 is 0. The maximum absolute atomic E-state index is 14.2. The highest BCUT2D eigenvalue weighted by atomic mass is 17.4. The number of carbonyl (C=O) groups is 2. The van der Waals surface area contributed by atoms with E-state index in [1.54, 1.807) is 0 Å². The van der Waals surface area contributed by atoms with Crippen molar-refractivity contribution in [1.82, 2.24) is 0 Å². The van der Waals surface area contributed by atoms with Crippen LogP contribution in [0.25, 0.3) is 0 Å². The molecule has 2 saturated heterocycles. The van der Waals surface area contributed by atoms with E-state index in [0.29, 0.717) is 12.8 Å². The highest BCUT2D eigenvalue weighted by Gasteiger charge is 2.71. The molecule has 1 aliphatic carbocycles. The molecule has 0 N–H and O–H groups in total. The molecule has 2 heterocycles. The van der Waals surface area contributed by atoms with Crippen LogP contribution in [0.5, 0.6) is 0 Å². The number of Topliss-reactive ketones (excluding diaryl/α,β-unsaturated/α-hetero) is 2. The normalized spacial score (nSPS) is 23.3. The third-order valence-electron chi connectivity index (χ3n) is 9.36. The first kappa shape index (κ1) is 29.7. The lowest BCUT2D eigenvalue weighted by atomic mass is 9.45. The van der Waals surface area contributed by atoms with E-state index in [2.05, 4.69) is 41.5 Å². The lowest BCUT2D eigenvalue weighted by Crippen LogP contribution is -2.60. The molecule has 6 nitrogen and oxygen atoms in total. The van der Waals surface area contributed by atoms with Crippen LogP contribution in [-0.2, 0) is 29.1 Å². The Hall–Kier alpha value is -0.820. The van der Waals surface area contributed by atoms with Crippen LogP contribution in [0, 0.1) is 27.1 Å². The van der Waals surface area contributed by atoms with E-state index < -0.39 is 27.8 Å². The van der Waals surface area contributed by atoms with Crippen molar-refractivity contribution in [3.8, 4) is 0 Å². The molecule has 0 unspecified atom stereocenters. The van der Waals surface area contributed by atoms with Gasteiger partial charge in [-0.15, -0.1) is 0 Å². The van der Waals surface area contributed by atoms with Crippen LogP contribution < -0.4 is 0 Å². The fourth-order valence-corrected chi connectivity index (χ4v) is 6.92. The van der Waals surface area contributed by atoms with Gasteiger partial charge in [-0.2, -0.15) is 19.6 Å². The maximum atomic E-state index is 14.2. The monoisotopic (exact) mass is 508 g/mol. The molecule has 2 aliphatic heterocycles. The number of ketones is 2. The lowest BCUT2D eigenvalue weighted by molar-refractivity contribution is -0.166. The molecule has 3 rings (SSSR count). The van der Waals surface area contributed by atoms with E-state index in [-0.39, 0.29) is 22.4 Å². The minimum atomic E-state index is -1.19. The first-order chi connectivity index (χ1) is 16.3. The topological polar surface area (TPSA) is 84.3 Å². The minimum absolute atomic E-state index is 0.0360. The molecule has 0 atom stereocenters. The molecule has 0 aromatic rings. The van der Waals surface area contributed by atoms with Crippen molar-refractivity contribution in [2.45, 2.75) is 151 Å². The van der Waals surface area contributed by atoms with Crippen molar-refractivity contribution in [2.24, 2.45) is 27.1 Å². The van der Waals surface area contributed by atoms with Crippen LogP contribution >= 0.6 is 0 Å². The van der Waals surface area contributed by atoms with Crippen molar-refractivity contribution in [3.05, 3.63) is 0 Å². The fraction of sp³-hybridized carbons (Fsp3) is 0.933. The molecule has 0 radical (unpaired) electrons. The van der Waals surface area contributed by atoms with E-state index in [1.807, 2.05) is 27.7 Å². The van der Waals surface area contributed by atoms with Crippen molar-refractivity contribution in [3.63, 3.8) is 0 Å². The van der Waals surface area contributed by atoms with Crippen LogP contribution in [0.4, 0.5) is 0 Å². The Labute approximate surface area is 219 Å². The molecule has 6 heteroatoms. The van der Waals surface area contributed by atoms with Gasteiger partial charge in [0, 0.05) is 23.7 Å². The summed E-state index contributed by atoms with van der Waals surface area (Å²) in [5.41, 5.74) is -1.85. The van der Waals surface area contributed by atoms with Crippen LogP contribution in [0.2, 0.25) is 0 Å².